The highest BCUT2D eigenvalue weighted by molar-refractivity contribution is 6.33. The average Bonchev–Trinajstić information content (AvgIpc) is 3.28. The Balaban J connectivity index is 1.69. The van der Waals surface area contributed by atoms with Gasteiger partial charge < -0.3 is 14.6 Å². The fraction of sp³-hybridized carbons (Fsp3) is 0.227. The summed E-state index contributed by atoms with van der Waals surface area (Å²) in [6.45, 7) is 1.51. The van der Waals surface area contributed by atoms with Crippen LogP contribution in [0.2, 0.25) is 5.02 Å². The molecule has 0 bridgehead atoms. The Bertz CT molecular complexity index is 1480. The van der Waals surface area contributed by atoms with Gasteiger partial charge in [-0.2, -0.15) is 22.7 Å². The highest BCUT2D eigenvalue weighted by atomic mass is 35.5. The number of pyridine rings is 1. The molecule has 0 aliphatic heterocycles. The molecule has 1 N–H and O–H groups in total. The second kappa shape index (κ2) is 9.37. The number of aromatic nitrogens is 5. The van der Waals surface area contributed by atoms with Crippen molar-refractivity contribution in [2.75, 3.05) is 12.4 Å². The first-order valence-corrected chi connectivity index (χ1v) is 10.6. The molecule has 0 unspecified atom stereocenters. The van der Waals surface area contributed by atoms with E-state index in [4.69, 9.17) is 16.3 Å². The van der Waals surface area contributed by atoms with Gasteiger partial charge in [0, 0.05) is 29.6 Å². The van der Waals surface area contributed by atoms with Gasteiger partial charge in [-0.15, -0.1) is 5.10 Å². The average molecular weight is 507 g/mol. The third-order valence-electron chi connectivity index (χ3n) is 5.11. The molecule has 0 saturated heterocycles. The minimum Gasteiger partial charge on any atom is -0.481 e. The molecule has 0 aliphatic carbocycles. The Hall–Kier alpha value is -3.93. The minimum atomic E-state index is -4.56. The van der Waals surface area contributed by atoms with E-state index >= 15 is 0 Å². The number of fused-ring (bicyclic) bond motifs is 1. The fourth-order valence-electron chi connectivity index (χ4n) is 3.41. The summed E-state index contributed by atoms with van der Waals surface area (Å²) in [5.74, 6) is 0.0884. The van der Waals surface area contributed by atoms with Crippen LogP contribution in [0.25, 0.3) is 17.2 Å². The number of hydrogen-bond acceptors (Lipinski definition) is 6. The summed E-state index contributed by atoms with van der Waals surface area (Å²) in [7, 11) is 1.46. The number of ether oxygens (including phenoxy) is 1. The van der Waals surface area contributed by atoms with Crippen molar-refractivity contribution in [3.05, 3.63) is 69.2 Å². The SMILES string of the molecule is CCc1cc(=O)n2nc(-c3ccnc(OC)c3)nc2n1CC(=O)Nc1ccc(C(F)(F)F)cc1Cl. The predicted molar refractivity (Wildman–Crippen MR) is 121 cm³/mol. The maximum Gasteiger partial charge on any atom is 0.416 e. The van der Waals surface area contributed by atoms with Crippen LogP contribution < -0.4 is 15.6 Å². The van der Waals surface area contributed by atoms with Gasteiger partial charge >= 0.3 is 6.18 Å². The Morgan fingerprint density at radius 1 is 1.20 bits per heavy atom. The van der Waals surface area contributed by atoms with Crippen LogP contribution >= 0.6 is 11.6 Å². The molecular formula is C22H18ClF3N6O3. The Morgan fingerprint density at radius 3 is 2.63 bits per heavy atom. The topological polar surface area (TPSA) is 103 Å². The number of hydrogen-bond donors (Lipinski definition) is 1. The van der Waals surface area contributed by atoms with E-state index in [1.807, 2.05) is 0 Å². The Labute approximate surface area is 201 Å². The van der Waals surface area contributed by atoms with Crippen LogP contribution in [0, 0.1) is 0 Å². The molecule has 0 saturated carbocycles. The Kier molecular flexibility index (Phi) is 6.48. The van der Waals surface area contributed by atoms with E-state index in [0.29, 0.717) is 23.6 Å². The number of halogens is 4. The van der Waals surface area contributed by atoms with Crippen LogP contribution in [0.5, 0.6) is 5.88 Å². The molecular weight excluding hydrogens is 489 g/mol. The van der Waals surface area contributed by atoms with Crippen molar-refractivity contribution in [3.63, 3.8) is 0 Å². The van der Waals surface area contributed by atoms with Crippen LogP contribution in [0.1, 0.15) is 18.2 Å². The quantitative estimate of drug-likeness (QED) is 0.426. The van der Waals surface area contributed by atoms with Crippen molar-refractivity contribution < 1.29 is 22.7 Å². The van der Waals surface area contributed by atoms with E-state index in [0.717, 1.165) is 22.7 Å². The molecule has 0 radical (unpaired) electrons. The summed E-state index contributed by atoms with van der Waals surface area (Å²) in [6, 6.07) is 7.23. The van der Waals surface area contributed by atoms with Gasteiger partial charge in [0.15, 0.2) is 5.82 Å². The van der Waals surface area contributed by atoms with Gasteiger partial charge in [-0.25, -0.2) is 4.98 Å². The molecule has 4 aromatic rings. The zero-order valence-corrected chi connectivity index (χ0v) is 19.2. The number of nitrogens with one attached hydrogen (secondary N) is 1. The van der Waals surface area contributed by atoms with E-state index in [1.165, 1.54) is 23.9 Å². The third-order valence-corrected chi connectivity index (χ3v) is 5.43. The first-order chi connectivity index (χ1) is 16.6. The first-order valence-electron chi connectivity index (χ1n) is 10.3. The molecule has 13 heteroatoms. The summed E-state index contributed by atoms with van der Waals surface area (Å²) < 4.78 is 46.3. The molecule has 3 heterocycles. The second-order valence-corrected chi connectivity index (χ2v) is 7.80. The van der Waals surface area contributed by atoms with E-state index in [-0.39, 0.29) is 28.9 Å². The van der Waals surface area contributed by atoms with Gasteiger partial charge in [0.05, 0.1) is 23.4 Å². The molecule has 0 atom stereocenters. The van der Waals surface area contributed by atoms with Crippen LogP contribution in [0.15, 0.2) is 47.4 Å². The zero-order valence-electron chi connectivity index (χ0n) is 18.4. The largest absolute Gasteiger partial charge is 0.481 e. The van der Waals surface area contributed by atoms with Gasteiger partial charge in [0.2, 0.25) is 17.6 Å². The van der Waals surface area contributed by atoms with E-state index in [1.54, 1.807) is 19.1 Å². The first kappa shape index (κ1) is 24.2. The normalized spacial score (nSPS) is 11.6. The van der Waals surface area contributed by atoms with Gasteiger partial charge in [-0.05, 0) is 30.7 Å². The van der Waals surface area contributed by atoms with Gasteiger partial charge in [0.1, 0.15) is 6.54 Å². The number of aryl methyl sites for hydroxylation is 1. The molecule has 0 aliphatic rings. The lowest BCUT2D eigenvalue weighted by Gasteiger charge is -2.14. The summed E-state index contributed by atoms with van der Waals surface area (Å²) in [6.07, 6.45) is -2.65. The maximum absolute atomic E-state index is 12.9. The lowest BCUT2D eigenvalue weighted by Crippen LogP contribution is -2.26. The summed E-state index contributed by atoms with van der Waals surface area (Å²) >= 11 is 5.95. The molecule has 1 aromatic carbocycles. The second-order valence-electron chi connectivity index (χ2n) is 7.39. The van der Waals surface area contributed by atoms with Gasteiger partial charge in [-0.3, -0.25) is 9.59 Å². The number of methoxy groups -OCH3 is 1. The van der Waals surface area contributed by atoms with Crippen molar-refractivity contribution in [2.45, 2.75) is 26.1 Å². The maximum atomic E-state index is 12.9. The smallest absolute Gasteiger partial charge is 0.416 e. The molecule has 1 amide bonds. The number of carbonyl (C=O) groups is 1. The fourth-order valence-corrected chi connectivity index (χ4v) is 3.64. The molecule has 9 nitrogen and oxygen atoms in total. The van der Waals surface area contributed by atoms with Crippen molar-refractivity contribution in [3.8, 4) is 17.3 Å². The summed E-state index contributed by atoms with van der Waals surface area (Å²) in [5.41, 5.74) is -0.280. The van der Waals surface area contributed by atoms with Crippen LogP contribution in [0.3, 0.4) is 0 Å². The van der Waals surface area contributed by atoms with Crippen molar-refractivity contribution in [2.24, 2.45) is 0 Å². The molecule has 182 valence electrons. The standard InChI is InChI=1S/C22H18ClF3N6O3/c1-3-14-10-19(34)32-21(29-20(30-32)12-6-7-27-18(8-12)35-2)31(14)11-17(33)28-16-5-4-13(9-15(16)23)22(24,25)26/h4-10H,3,11H2,1-2H3,(H,28,33). The summed E-state index contributed by atoms with van der Waals surface area (Å²) in [4.78, 5) is 33.9. The van der Waals surface area contributed by atoms with E-state index in [9.17, 15) is 22.8 Å². The number of benzene rings is 1. The van der Waals surface area contributed by atoms with Crippen molar-refractivity contribution >= 4 is 29.0 Å². The van der Waals surface area contributed by atoms with E-state index in [2.05, 4.69) is 20.4 Å². The number of alkyl halides is 3. The van der Waals surface area contributed by atoms with Crippen molar-refractivity contribution in [1.82, 2.24) is 24.1 Å². The summed E-state index contributed by atoms with van der Waals surface area (Å²) in [5, 5.41) is 6.50. The lowest BCUT2D eigenvalue weighted by molar-refractivity contribution is -0.137. The number of carbonyl (C=O) groups excluding carboxylic acids is 1. The number of anilines is 1. The highest BCUT2D eigenvalue weighted by Gasteiger charge is 2.31. The van der Waals surface area contributed by atoms with Crippen molar-refractivity contribution in [1.29, 1.82) is 0 Å². The molecule has 0 spiro atoms. The zero-order chi connectivity index (χ0) is 25.3. The molecule has 3 aromatic heterocycles. The third kappa shape index (κ3) is 4.97. The minimum absolute atomic E-state index is 0.0193. The van der Waals surface area contributed by atoms with Gasteiger partial charge in [-0.1, -0.05) is 18.5 Å². The molecule has 0 fully saturated rings. The van der Waals surface area contributed by atoms with Crippen LogP contribution in [-0.4, -0.2) is 37.2 Å². The van der Waals surface area contributed by atoms with Crippen LogP contribution in [0.4, 0.5) is 18.9 Å². The van der Waals surface area contributed by atoms with E-state index < -0.39 is 23.2 Å². The number of amides is 1. The number of rotatable bonds is 6. The monoisotopic (exact) mass is 506 g/mol. The van der Waals surface area contributed by atoms with Crippen LogP contribution in [-0.2, 0) is 23.9 Å². The highest BCUT2D eigenvalue weighted by Crippen LogP contribution is 2.33. The number of nitrogens with zero attached hydrogens (tertiary/aromatic N) is 5. The lowest BCUT2D eigenvalue weighted by atomic mass is 10.2. The predicted octanol–water partition coefficient (Wildman–Crippen LogP) is 3.83. The molecule has 4 rings (SSSR count). The Morgan fingerprint density at radius 2 is 1.97 bits per heavy atom. The molecule has 35 heavy (non-hydrogen) atoms. The van der Waals surface area contributed by atoms with Gasteiger partial charge in [0.25, 0.3) is 5.56 Å².